The van der Waals surface area contributed by atoms with Crippen molar-refractivity contribution in [1.82, 2.24) is 4.98 Å². The molecule has 2 aromatic rings. The average Bonchev–Trinajstić information content (AvgIpc) is 2.37. The molecule has 1 aromatic carbocycles. The summed E-state index contributed by atoms with van der Waals surface area (Å²) in [4.78, 5) is 3.60. The zero-order valence-electron chi connectivity index (χ0n) is 9.28. The van der Waals surface area contributed by atoms with Crippen LogP contribution in [0.2, 0.25) is 0 Å². The van der Waals surface area contributed by atoms with Gasteiger partial charge in [0.25, 0.3) is 9.05 Å². The van der Waals surface area contributed by atoms with Gasteiger partial charge in [-0.05, 0) is 11.6 Å². The molecular formula is C12H10ClNO3S. The van der Waals surface area contributed by atoms with Crippen molar-refractivity contribution >= 4 is 19.7 Å². The Morgan fingerprint density at radius 1 is 1.17 bits per heavy atom. The lowest BCUT2D eigenvalue weighted by Gasteiger charge is -2.08. The predicted molar refractivity (Wildman–Crippen MR) is 68.0 cm³/mol. The van der Waals surface area contributed by atoms with Crippen LogP contribution in [0, 0.1) is 0 Å². The first-order valence-corrected chi connectivity index (χ1v) is 7.44. The van der Waals surface area contributed by atoms with Crippen LogP contribution in [-0.4, -0.2) is 13.4 Å². The van der Waals surface area contributed by atoms with E-state index in [9.17, 15) is 8.42 Å². The Bertz CT molecular complexity index is 629. The van der Waals surface area contributed by atoms with Crippen molar-refractivity contribution in [2.24, 2.45) is 0 Å². The van der Waals surface area contributed by atoms with Crippen molar-refractivity contribution in [3.8, 4) is 5.75 Å². The highest BCUT2D eigenvalue weighted by Gasteiger charge is 2.16. The Balaban J connectivity index is 2.20. The van der Waals surface area contributed by atoms with Crippen molar-refractivity contribution in [2.75, 3.05) is 0 Å². The van der Waals surface area contributed by atoms with Crippen LogP contribution in [0.25, 0.3) is 0 Å². The Morgan fingerprint density at radius 2 is 1.89 bits per heavy atom. The molecule has 4 nitrogen and oxygen atoms in total. The fraction of sp³-hybridized carbons (Fsp3) is 0.0833. The second-order valence-corrected chi connectivity index (χ2v) is 6.07. The summed E-state index contributed by atoms with van der Waals surface area (Å²) in [7, 11) is 1.44. The second kappa shape index (κ2) is 5.37. The van der Waals surface area contributed by atoms with E-state index in [0.717, 1.165) is 5.56 Å². The molecule has 0 aliphatic rings. The molecule has 0 saturated heterocycles. The summed E-state index contributed by atoms with van der Waals surface area (Å²) in [6.07, 6.45) is 2.62. The molecular weight excluding hydrogens is 274 g/mol. The number of nitrogens with zero attached hydrogens (tertiary/aromatic N) is 1. The van der Waals surface area contributed by atoms with Crippen molar-refractivity contribution in [3.63, 3.8) is 0 Å². The highest BCUT2D eigenvalue weighted by Crippen LogP contribution is 2.26. The van der Waals surface area contributed by atoms with E-state index in [2.05, 4.69) is 4.98 Å². The molecule has 0 saturated carbocycles. The molecule has 1 aromatic heterocycles. The molecule has 0 unspecified atom stereocenters. The van der Waals surface area contributed by atoms with Crippen molar-refractivity contribution in [3.05, 3.63) is 54.4 Å². The molecule has 2 rings (SSSR count). The molecule has 0 aliphatic heterocycles. The van der Waals surface area contributed by atoms with Crippen molar-refractivity contribution in [1.29, 1.82) is 0 Å². The van der Waals surface area contributed by atoms with Crippen molar-refractivity contribution < 1.29 is 13.2 Å². The summed E-state index contributed by atoms with van der Waals surface area (Å²) in [6.45, 7) is 0.268. The molecule has 0 spiro atoms. The Labute approximate surface area is 110 Å². The lowest BCUT2D eigenvalue weighted by atomic mass is 10.2. The van der Waals surface area contributed by atoms with Gasteiger partial charge in [0.05, 0.1) is 6.20 Å². The fourth-order valence-corrected chi connectivity index (χ4v) is 2.31. The largest absolute Gasteiger partial charge is 0.487 e. The normalized spacial score (nSPS) is 11.2. The van der Waals surface area contributed by atoms with Gasteiger partial charge in [-0.2, -0.15) is 0 Å². The molecule has 0 bridgehead atoms. The predicted octanol–water partition coefficient (Wildman–Crippen LogP) is 2.59. The minimum atomic E-state index is -3.85. The number of hydrogen-bond acceptors (Lipinski definition) is 4. The molecule has 0 aliphatic carbocycles. The van der Waals surface area contributed by atoms with E-state index in [1.807, 2.05) is 30.3 Å². The van der Waals surface area contributed by atoms with Gasteiger partial charge in [0, 0.05) is 16.9 Å². The minimum Gasteiger partial charge on any atom is -0.487 e. The van der Waals surface area contributed by atoms with Crippen molar-refractivity contribution in [2.45, 2.75) is 11.5 Å². The Morgan fingerprint density at radius 3 is 2.56 bits per heavy atom. The quantitative estimate of drug-likeness (QED) is 0.809. The third-order valence-electron chi connectivity index (χ3n) is 2.25. The van der Waals surface area contributed by atoms with Gasteiger partial charge in [-0.25, -0.2) is 8.42 Å². The van der Waals surface area contributed by atoms with Gasteiger partial charge in [0.2, 0.25) is 0 Å². The van der Waals surface area contributed by atoms with E-state index >= 15 is 0 Å². The molecule has 1 heterocycles. The van der Waals surface area contributed by atoms with Crippen LogP contribution in [0.3, 0.4) is 0 Å². The van der Waals surface area contributed by atoms with Gasteiger partial charge in [0.1, 0.15) is 17.3 Å². The first-order valence-electron chi connectivity index (χ1n) is 5.13. The molecule has 94 valence electrons. The summed E-state index contributed by atoms with van der Waals surface area (Å²) in [6, 6.07) is 10.9. The zero-order chi connectivity index (χ0) is 13.0. The molecule has 0 amide bonds. The summed E-state index contributed by atoms with van der Waals surface area (Å²) in [5, 5.41) is 0. The van der Waals surface area contributed by atoms with Crippen LogP contribution in [0.5, 0.6) is 5.75 Å². The fourth-order valence-electron chi connectivity index (χ4n) is 1.40. The maximum absolute atomic E-state index is 11.3. The zero-order valence-corrected chi connectivity index (χ0v) is 10.9. The monoisotopic (exact) mass is 283 g/mol. The number of benzene rings is 1. The van der Waals surface area contributed by atoms with Gasteiger partial charge >= 0.3 is 0 Å². The van der Waals surface area contributed by atoms with E-state index in [-0.39, 0.29) is 17.3 Å². The van der Waals surface area contributed by atoms with E-state index in [1.54, 1.807) is 0 Å². The van der Waals surface area contributed by atoms with Gasteiger partial charge in [-0.1, -0.05) is 30.3 Å². The third-order valence-corrected chi connectivity index (χ3v) is 3.58. The van der Waals surface area contributed by atoms with Gasteiger partial charge in [-0.15, -0.1) is 0 Å². The van der Waals surface area contributed by atoms with E-state index in [4.69, 9.17) is 15.4 Å². The Hall–Kier alpha value is -1.59. The highest BCUT2D eigenvalue weighted by molar-refractivity contribution is 8.13. The first kappa shape index (κ1) is 12.9. The van der Waals surface area contributed by atoms with Crippen LogP contribution in [0.1, 0.15) is 5.56 Å². The second-order valence-electron chi connectivity index (χ2n) is 3.53. The number of ether oxygens (including phenoxy) is 1. The van der Waals surface area contributed by atoms with E-state index < -0.39 is 9.05 Å². The summed E-state index contributed by atoms with van der Waals surface area (Å²) in [5.41, 5.74) is 0.937. The standard InChI is InChI=1S/C12H10ClNO3S/c13-18(15,16)12-8-14-7-6-11(12)17-9-10-4-2-1-3-5-10/h1-8H,9H2. The van der Waals surface area contributed by atoms with Gasteiger partial charge in [0.15, 0.2) is 0 Å². The summed E-state index contributed by atoms with van der Waals surface area (Å²) >= 11 is 0. The number of halogens is 1. The number of pyridine rings is 1. The van der Waals surface area contributed by atoms with Crippen LogP contribution in [-0.2, 0) is 15.7 Å². The maximum atomic E-state index is 11.3. The highest BCUT2D eigenvalue weighted by atomic mass is 35.7. The molecule has 0 radical (unpaired) electrons. The molecule has 0 atom stereocenters. The Kier molecular flexibility index (Phi) is 3.84. The lowest BCUT2D eigenvalue weighted by Crippen LogP contribution is -2.01. The van der Waals surface area contributed by atoms with Crippen LogP contribution in [0.15, 0.2) is 53.7 Å². The molecule has 0 fully saturated rings. The average molecular weight is 284 g/mol. The lowest BCUT2D eigenvalue weighted by molar-refractivity contribution is 0.297. The minimum absolute atomic E-state index is 0.123. The first-order chi connectivity index (χ1) is 8.57. The number of aromatic nitrogens is 1. The van der Waals surface area contributed by atoms with Crippen LogP contribution >= 0.6 is 10.7 Å². The van der Waals surface area contributed by atoms with E-state index in [1.165, 1.54) is 18.5 Å². The molecule has 0 N–H and O–H groups in total. The summed E-state index contributed by atoms with van der Waals surface area (Å²) < 4.78 is 28.1. The third kappa shape index (κ3) is 3.21. The topological polar surface area (TPSA) is 56.3 Å². The molecule has 18 heavy (non-hydrogen) atoms. The number of rotatable bonds is 4. The maximum Gasteiger partial charge on any atom is 0.266 e. The smallest absolute Gasteiger partial charge is 0.266 e. The van der Waals surface area contributed by atoms with Gasteiger partial charge < -0.3 is 4.74 Å². The van der Waals surface area contributed by atoms with E-state index in [0.29, 0.717) is 0 Å². The van der Waals surface area contributed by atoms with Crippen LogP contribution < -0.4 is 4.74 Å². The summed E-state index contributed by atoms with van der Waals surface area (Å²) in [5.74, 6) is 0.198. The number of hydrogen-bond donors (Lipinski definition) is 0. The molecule has 6 heteroatoms. The SMILES string of the molecule is O=S(=O)(Cl)c1cnccc1OCc1ccccc1. The van der Waals surface area contributed by atoms with Gasteiger partial charge in [-0.3, -0.25) is 4.98 Å². The van der Waals surface area contributed by atoms with Crippen LogP contribution in [0.4, 0.5) is 0 Å².